The van der Waals surface area contributed by atoms with Crippen LogP contribution in [-0.2, 0) is 6.18 Å². The molecule has 0 saturated heterocycles. The number of hydrogen-bond donors (Lipinski definition) is 0. The zero-order valence-electron chi connectivity index (χ0n) is 18.9. The van der Waals surface area contributed by atoms with Crippen molar-refractivity contribution in [2.45, 2.75) is 90.1 Å². The van der Waals surface area contributed by atoms with Gasteiger partial charge >= 0.3 is 6.18 Å². The highest BCUT2D eigenvalue weighted by molar-refractivity contribution is 5.39. The molecule has 2 fully saturated rings. The Morgan fingerprint density at radius 2 is 1.32 bits per heavy atom. The van der Waals surface area contributed by atoms with E-state index in [1.54, 1.807) is 0 Å². The largest absolute Gasteiger partial charge is 0.416 e. The molecule has 0 N–H and O–H groups in total. The molecule has 2 aliphatic carbocycles. The van der Waals surface area contributed by atoms with Gasteiger partial charge in [0.15, 0.2) is 0 Å². The van der Waals surface area contributed by atoms with E-state index in [0.29, 0.717) is 11.5 Å². The Balaban J connectivity index is 1.33. The maximum absolute atomic E-state index is 12.6. The fourth-order valence-corrected chi connectivity index (χ4v) is 5.41. The van der Waals surface area contributed by atoms with Gasteiger partial charge in [-0.05, 0) is 79.7 Å². The molecular formula is C28H37F3. The molecule has 1 aromatic carbocycles. The summed E-state index contributed by atoms with van der Waals surface area (Å²) in [6.45, 7) is 2.31. The number of alkyl halides is 3. The highest BCUT2D eigenvalue weighted by Gasteiger charge is 2.29. The molecule has 0 atom stereocenters. The van der Waals surface area contributed by atoms with E-state index in [0.717, 1.165) is 29.9 Å². The average molecular weight is 431 g/mol. The molecule has 0 bridgehead atoms. The highest BCUT2D eigenvalue weighted by Crippen LogP contribution is 2.37. The second kappa shape index (κ2) is 11.8. The maximum atomic E-state index is 12.6. The lowest BCUT2D eigenvalue weighted by atomic mass is 9.75. The molecule has 0 unspecified atom stereocenters. The first-order valence-corrected chi connectivity index (χ1v) is 12.3. The topological polar surface area (TPSA) is 0 Å². The Bertz CT molecular complexity index is 731. The summed E-state index contributed by atoms with van der Waals surface area (Å²) in [6, 6.07) is 5.05. The summed E-state index contributed by atoms with van der Waals surface area (Å²) in [5, 5.41) is 0. The monoisotopic (exact) mass is 430 g/mol. The fourth-order valence-electron chi connectivity index (χ4n) is 5.41. The van der Waals surface area contributed by atoms with Crippen LogP contribution < -0.4 is 0 Å². The van der Waals surface area contributed by atoms with Crippen molar-refractivity contribution in [2.24, 2.45) is 23.7 Å². The van der Waals surface area contributed by atoms with Gasteiger partial charge in [0.25, 0.3) is 0 Å². The molecule has 0 nitrogen and oxygen atoms in total. The highest BCUT2D eigenvalue weighted by atomic mass is 19.4. The third kappa shape index (κ3) is 8.06. The average Bonchev–Trinajstić information content (AvgIpc) is 2.77. The number of hydrogen-bond acceptors (Lipinski definition) is 0. The molecule has 0 aromatic heterocycles. The predicted molar refractivity (Wildman–Crippen MR) is 123 cm³/mol. The minimum absolute atomic E-state index is 0.600. The molecule has 2 saturated carbocycles. The summed E-state index contributed by atoms with van der Waals surface area (Å²) in [4.78, 5) is 0. The van der Waals surface area contributed by atoms with Crippen molar-refractivity contribution in [1.29, 1.82) is 0 Å². The standard InChI is InChI=1S/C28H37F3/c1-2-5-22-8-12-25(13-9-22)16-17-26-14-10-23(11-15-26)6-3-4-7-24-18-20-27(21-19-24)28(29,30)31/h3,6,18-23,25-26H,2,5,8-17H2,1H3/t22-,23-,25-,26-. The summed E-state index contributed by atoms with van der Waals surface area (Å²) >= 11 is 0. The van der Waals surface area contributed by atoms with E-state index in [2.05, 4.69) is 24.8 Å². The van der Waals surface area contributed by atoms with Crippen LogP contribution in [0.2, 0.25) is 0 Å². The smallest absolute Gasteiger partial charge is 0.166 e. The molecule has 0 aliphatic heterocycles. The van der Waals surface area contributed by atoms with E-state index < -0.39 is 11.7 Å². The maximum Gasteiger partial charge on any atom is 0.416 e. The first kappa shape index (κ1) is 24.0. The summed E-state index contributed by atoms with van der Waals surface area (Å²) in [5.41, 5.74) is -0.0142. The summed E-state index contributed by atoms with van der Waals surface area (Å²) in [7, 11) is 0. The fraction of sp³-hybridized carbons (Fsp3) is 0.643. The molecule has 3 rings (SSSR count). The summed E-state index contributed by atoms with van der Waals surface area (Å²) < 4.78 is 37.8. The molecule has 0 amide bonds. The van der Waals surface area contributed by atoms with Crippen LogP contribution in [0.15, 0.2) is 36.4 Å². The van der Waals surface area contributed by atoms with Crippen LogP contribution in [0.3, 0.4) is 0 Å². The molecular weight excluding hydrogens is 393 g/mol. The van der Waals surface area contributed by atoms with Crippen molar-refractivity contribution in [3.05, 3.63) is 47.5 Å². The van der Waals surface area contributed by atoms with Gasteiger partial charge in [0.1, 0.15) is 0 Å². The second-order valence-electron chi connectivity index (χ2n) is 9.74. The minimum atomic E-state index is -4.29. The van der Waals surface area contributed by atoms with Crippen molar-refractivity contribution in [3.8, 4) is 11.8 Å². The third-order valence-electron chi connectivity index (χ3n) is 7.42. The first-order chi connectivity index (χ1) is 14.9. The Hall–Kier alpha value is -1.69. The zero-order chi connectivity index (χ0) is 22.1. The number of allylic oxidation sites excluding steroid dienone is 2. The molecule has 170 valence electrons. The minimum Gasteiger partial charge on any atom is -0.166 e. The van der Waals surface area contributed by atoms with Crippen LogP contribution in [0.5, 0.6) is 0 Å². The normalized spacial score (nSPS) is 27.1. The first-order valence-electron chi connectivity index (χ1n) is 12.3. The number of halogens is 3. The van der Waals surface area contributed by atoms with Gasteiger partial charge < -0.3 is 0 Å². The van der Waals surface area contributed by atoms with Gasteiger partial charge in [0.2, 0.25) is 0 Å². The Labute approximate surface area is 186 Å². The molecule has 0 heterocycles. The third-order valence-corrected chi connectivity index (χ3v) is 7.42. The van der Waals surface area contributed by atoms with Gasteiger partial charge in [-0.15, -0.1) is 0 Å². The van der Waals surface area contributed by atoms with Crippen molar-refractivity contribution >= 4 is 0 Å². The second-order valence-corrected chi connectivity index (χ2v) is 9.74. The molecule has 2 aliphatic rings. The zero-order valence-corrected chi connectivity index (χ0v) is 18.9. The van der Waals surface area contributed by atoms with E-state index in [1.165, 1.54) is 89.2 Å². The van der Waals surface area contributed by atoms with Crippen LogP contribution in [-0.4, -0.2) is 0 Å². The number of rotatable bonds is 6. The Kier molecular flexibility index (Phi) is 9.12. The van der Waals surface area contributed by atoms with Crippen molar-refractivity contribution < 1.29 is 13.2 Å². The van der Waals surface area contributed by atoms with Crippen molar-refractivity contribution in [1.82, 2.24) is 0 Å². The van der Waals surface area contributed by atoms with E-state index in [-0.39, 0.29) is 0 Å². The van der Waals surface area contributed by atoms with Crippen LogP contribution in [0.25, 0.3) is 0 Å². The molecule has 31 heavy (non-hydrogen) atoms. The van der Waals surface area contributed by atoms with Gasteiger partial charge in [-0.2, -0.15) is 13.2 Å². The quantitative estimate of drug-likeness (QED) is 0.396. The van der Waals surface area contributed by atoms with E-state index in [9.17, 15) is 13.2 Å². The van der Waals surface area contributed by atoms with Crippen LogP contribution in [0, 0.1) is 35.5 Å². The summed E-state index contributed by atoms with van der Waals surface area (Å²) in [6.07, 6.45) is 16.4. The van der Waals surface area contributed by atoms with Crippen LogP contribution >= 0.6 is 0 Å². The van der Waals surface area contributed by atoms with Crippen LogP contribution in [0.4, 0.5) is 13.2 Å². The van der Waals surface area contributed by atoms with Crippen LogP contribution in [0.1, 0.15) is 95.1 Å². The lowest BCUT2D eigenvalue weighted by molar-refractivity contribution is -0.137. The Morgan fingerprint density at radius 3 is 1.84 bits per heavy atom. The molecule has 1 aromatic rings. The van der Waals surface area contributed by atoms with Crippen molar-refractivity contribution in [3.63, 3.8) is 0 Å². The number of benzene rings is 1. The van der Waals surface area contributed by atoms with E-state index in [1.807, 2.05) is 6.08 Å². The lowest BCUT2D eigenvalue weighted by Crippen LogP contribution is -2.17. The predicted octanol–water partition coefficient (Wildman–Crippen LogP) is 8.81. The van der Waals surface area contributed by atoms with Gasteiger partial charge in [0.05, 0.1) is 5.56 Å². The van der Waals surface area contributed by atoms with Gasteiger partial charge in [0, 0.05) is 5.56 Å². The van der Waals surface area contributed by atoms with Gasteiger partial charge in [-0.1, -0.05) is 76.2 Å². The molecule has 3 heteroatoms. The molecule has 0 radical (unpaired) electrons. The molecule has 0 spiro atoms. The summed E-state index contributed by atoms with van der Waals surface area (Å²) in [5.74, 6) is 9.40. The van der Waals surface area contributed by atoms with Gasteiger partial charge in [-0.3, -0.25) is 0 Å². The Morgan fingerprint density at radius 1 is 0.806 bits per heavy atom. The van der Waals surface area contributed by atoms with E-state index >= 15 is 0 Å². The van der Waals surface area contributed by atoms with Gasteiger partial charge in [-0.25, -0.2) is 0 Å². The van der Waals surface area contributed by atoms with Crippen molar-refractivity contribution in [2.75, 3.05) is 0 Å². The SMILES string of the molecule is CCC[C@H]1CC[C@H](CC[C@H]2CC[C@H](C=CC#Cc3ccc(C(F)(F)F)cc3)CC2)CC1. The lowest BCUT2D eigenvalue weighted by Gasteiger charge is -2.31. The van der Waals surface area contributed by atoms with E-state index in [4.69, 9.17) is 0 Å².